The standard InChI is InChI=1S/C36H41N3O7/c1-23-14-15-24(2)26(21-23)38-18-8-4-7-13-29(41)37-22-28(25-11-5-3-6-12-25)45-35(44)30-27-16-17-36(46-27)31(30)33(42)39(19-9-10-20-40)32(36)34(38)43/h3-6,8,11-12,14-17,21,27-28,30-32,40H,7,9-10,13,18-20,22H2,1-2H3,(H,37,41)/b8-4-/t27-,28-,30+,31+,32-,36+/m0/s1. The summed E-state index contributed by atoms with van der Waals surface area (Å²) in [7, 11) is 0. The lowest BCUT2D eigenvalue weighted by Crippen LogP contribution is -2.56. The maximum absolute atomic E-state index is 14.9. The molecular formula is C36H41N3O7. The Kier molecular flexibility index (Phi) is 9.11. The minimum Gasteiger partial charge on any atom is -0.455 e. The molecule has 5 bridgehead atoms. The fourth-order valence-corrected chi connectivity index (χ4v) is 7.24. The molecule has 2 saturated heterocycles. The first-order valence-corrected chi connectivity index (χ1v) is 16.1. The number of fused-ring (bicyclic) bond motifs is 2. The number of aliphatic hydroxyl groups is 1. The zero-order valence-corrected chi connectivity index (χ0v) is 26.3. The Morgan fingerprint density at radius 3 is 2.59 bits per heavy atom. The van der Waals surface area contributed by atoms with Crippen molar-refractivity contribution in [3.8, 4) is 0 Å². The lowest BCUT2D eigenvalue weighted by Gasteiger charge is -2.36. The zero-order valence-electron chi connectivity index (χ0n) is 26.3. The zero-order chi connectivity index (χ0) is 32.4. The Bertz CT molecular complexity index is 1560. The van der Waals surface area contributed by atoms with Gasteiger partial charge in [0.25, 0.3) is 5.91 Å². The number of likely N-dealkylation sites (tertiary alicyclic amines) is 1. The Balaban J connectivity index is 1.44. The van der Waals surface area contributed by atoms with Crippen LogP contribution in [0.1, 0.15) is 48.5 Å². The molecule has 46 heavy (non-hydrogen) atoms. The summed E-state index contributed by atoms with van der Waals surface area (Å²) in [6, 6.07) is 14.0. The summed E-state index contributed by atoms with van der Waals surface area (Å²) in [4.78, 5) is 59.3. The van der Waals surface area contributed by atoms with Gasteiger partial charge in [-0.1, -0.05) is 66.8 Å². The van der Waals surface area contributed by atoms with E-state index in [1.54, 1.807) is 22.0 Å². The predicted octanol–water partition coefficient (Wildman–Crippen LogP) is 3.31. The van der Waals surface area contributed by atoms with Crippen LogP contribution in [-0.2, 0) is 28.7 Å². The number of carbonyl (C=O) groups is 4. The molecule has 2 fully saturated rings. The molecule has 0 aliphatic carbocycles. The largest absolute Gasteiger partial charge is 0.455 e. The maximum atomic E-state index is 14.9. The van der Waals surface area contributed by atoms with E-state index in [0.717, 1.165) is 11.1 Å². The number of amides is 3. The van der Waals surface area contributed by atoms with Crippen molar-refractivity contribution < 1.29 is 33.8 Å². The predicted molar refractivity (Wildman–Crippen MR) is 170 cm³/mol. The van der Waals surface area contributed by atoms with E-state index in [-0.39, 0.29) is 50.4 Å². The minimum absolute atomic E-state index is 0.0422. The van der Waals surface area contributed by atoms with Crippen LogP contribution in [0, 0.1) is 25.7 Å². The van der Waals surface area contributed by atoms with Crippen molar-refractivity contribution in [1.29, 1.82) is 0 Å². The number of cyclic esters (lactones) is 1. The third kappa shape index (κ3) is 5.76. The Morgan fingerprint density at radius 2 is 1.80 bits per heavy atom. The van der Waals surface area contributed by atoms with Gasteiger partial charge in [-0.3, -0.25) is 19.2 Å². The molecule has 0 unspecified atom stereocenters. The summed E-state index contributed by atoms with van der Waals surface area (Å²) in [5.41, 5.74) is 1.94. The molecule has 4 heterocycles. The number of allylic oxidation sites excluding steroid dienone is 1. The summed E-state index contributed by atoms with van der Waals surface area (Å²) in [6.45, 7) is 4.37. The number of nitrogens with one attached hydrogen (secondary N) is 1. The molecule has 4 aliphatic rings. The third-order valence-electron chi connectivity index (χ3n) is 9.52. The molecule has 2 N–H and O–H groups in total. The third-order valence-corrected chi connectivity index (χ3v) is 9.52. The summed E-state index contributed by atoms with van der Waals surface area (Å²) < 4.78 is 12.6. The van der Waals surface area contributed by atoms with Gasteiger partial charge in [-0.05, 0) is 55.9 Å². The molecule has 3 amide bonds. The second kappa shape index (κ2) is 13.2. The van der Waals surface area contributed by atoms with Crippen molar-refractivity contribution in [3.63, 3.8) is 0 Å². The Morgan fingerprint density at radius 1 is 1.00 bits per heavy atom. The number of anilines is 1. The smallest absolute Gasteiger partial charge is 0.313 e. The quantitative estimate of drug-likeness (QED) is 0.286. The number of esters is 1. The van der Waals surface area contributed by atoms with Gasteiger partial charge < -0.3 is 29.7 Å². The fraction of sp³-hybridized carbons (Fsp3) is 0.444. The van der Waals surface area contributed by atoms with Crippen LogP contribution < -0.4 is 10.2 Å². The van der Waals surface area contributed by atoms with Crippen molar-refractivity contribution in [1.82, 2.24) is 10.2 Å². The SMILES string of the molecule is Cc1ccc(C)c(N2C/C=C\CCC(=O)NC[C@@H](c3ccccc3)OC(=O)[C@@H]3[C@@H]4C=C[C@]5(O4)[C@H](C2=O)N(CCCCO)C(=O)[C@@H]35)c1. The minimum atomic E-state index is -1.36. The number of aliphatic hydroxyl groups excluding tert-OH is 1. The Labute approximate surface area is 269 Å². The van der Waals surface area contributed by atoms with Crippen LogP contribution >= 0.6 is 0 Å². The number of aryl methyl sites for hydroxylation is 2. The second-order valence-corrected chi connectivity index (χ2v) is 12.6. The number of unbranched alkanes of at least 4 members (excludes halogenated alkanes) is 1. The van der Waals surface area contributed by atoms with E-state index >= 15 is 0 Å². The molecule has 10 nitrogen and oxygen atoms in total. The summed E-state index contributed by atoms with van der Waals surface area (Å²) >= 11 is 0. The van der Waals surface area contributed by atoms with E-state index in [1.807, 2.05) is 74.5 Å². The van der Waals surface area contributed by atoms with Crippen molar-refractivity contribution >= 4 is 29.4 Å². The second-order valence-electron chi connectivity index (χ2n) is 12.6. The van der Waals surface area contributed by atoms with Crippen molar-refractivity contribution in [2.24, 2.45) is 11.8 Å². The lowest BCUT2D eigenvalue weighted by atomic mass is 9.74. The van der Waals surface area contributed by atoms with Gasteiger partial charge in [0.2, 0.25) is 11.8 Å². The van der Waals surface area contributed by atoms with E-state index in [9.17, 15) is 24.3 Å². The van der Waals surface area contributed by atoms with E-state index in [1.165, 1.54) is 0 Å². The summed E-state index contributed by atoms with van der Waals surface area (Å²) in [6.07, 6.45) is 7.41. The van der Waals surface area contributed by atoms with Crippen LogP contribution in [0.25, 0.3) is 0 Å². The van der Waals surface area contributed by atoms with Crippen LogP contribution in [0.2, 0.25) is 0 Å². The molecule has 0 saturated carbocycles. The topological polar surface area (TPSA) is 125 Å². The highest BCUT2D eigenvalue weighted by Gasteiger charge is 2.73. The van der Waals surface area contributed by atoms with Crippen LogP contribution in [0.15, 0.2) is 72.8 Å². The van der Waals surface area contributed by atoms with Crippen LogP contribution in [0.4, 0.5) is 5.69 Å². The number of hydrogen-bond acceptors (Lipinski definition) is 7. The molecule has 242 valence electrons. The number of hydrogen-bond donors (Lipinski definition) is 2. The number of ether oxygens (including phenoxy) is 2. The molecule has 2 aromatic rings. The monoisotopic (exact) mass is 627 g/mol. The fourth-order valence-electron chi connectivity index (χ4n) is 7.24. The van der Waals surface area contributed by atoms with Crippen LogP contribution in [-0.4, -0.2) is 77.7 Å². The molecule has 10 heteroatoms. The van der Waals surface area contributed by atoms with Gasteiger partial charge in [0, 0.05) is 31.8 Å². The first-order chi connectivity index (χ1) is 22.2. The summed E-state index contributed by atoms with van der Waals surface area (Å²) in [5.74, 6) is -3.39. The highest BCUT2D eigenvalue weighted by Crippen LogP contribution is 2.56. The number of benzene rings is 2. The van der Waals surface area contributed by atoms with E-state index < -0.39 is 41.7 Å². The van der Waals surface area contributed by atoms with Gasteiger partial charge in [-0.15, -0.1) is 0 Å². The van der Waals surface area contributed by atoms with Gasteiger partial charge in [0.05, 0.1) is 18.6 Å². The number of rotatable bonds is 6. The summed E-state index contributed by atoms with van der Waals surface area (Å²) in [5, 5.41) is 12.4. The van der Waals surface area contributed by atoms with Gasteiger partial charge in [0.1, 0.15) is 23.7 Å². The molecule has 6 atom stereocenters. The highest BCUT2D eigenvalue weighted by molar-refractivity contribution is 6.05. The van der Waals surface area contributed by atoms with Crippen LogP contribution in [0.5, 0.6) is 0 Å². The van der Waals surface area contributed by atoms with Gasteiger partial charge in [-0.2, -0.15) is 0 Å². The first-order valence-electron chi connectivity index (χ1n) is 16.1. The maximum Gasteiger partial charge on any atom is 0.313 e. The van der Waals surface area contributed by atoms with Crippen molar-refractivity contribution in [3.05, 3.63) is 89.5 Å². The molecular weight excluding hydrogens is 586 g/mol. The van der Waals surface area contributed by atoms with Crippen molar-refractivity contribution in [2.75, 3.05) is 31.1 Å². The average Bonchev–Trinajstić information content (AvgIpc) is 3.69. The Hall–Kier alpha value is -4.28. The number of nitrogens with zero attached hydrogens (tertiary/aromatic N) is 2. The molecule has 2 aromatic carbocycles. The van der Waals surface area contributed by atoms with E-state index in [4.69, 9.17) is 9.47 Å². The van der Waals surface area contributed by atoms with E-state index in [2.05, 4.69) is 5.32 Å². The van der Waals surface area contributed by atoms with Gasteiger partial charge >= 0.3 is 5.97 Å². The van der Waals surface area contributed by atoms with Gasteiger partial charge in [-0.25, -0.2) is 0 Å². The van der Waals surface area contributed by atoms with Crippen LogP contribution in [0.3, 0.4) is 0 Å². The highest BCUT2D eigenvalue weighted by atomic mass is 16.6. The molecule has 0 radical (unpaired) electrons. The molecule has 0 aromatic heterocycles. The molecule has 6 rings (SSSR count). The normalized spacial score (nSPS) is 30.4. The first kappa shape index (κ1) is 31.7. The number of carbonyl (C=O) groups excluding carboxylic acids is 4. The van der Waals surface area contributed by atoms with Gasteiger partial charge in [0.15, 0.2) is 0 Å². The van der Waals surface area contributed by atoms with Crippen molar-refractivity contribution in [2.45, 2.75) is 63.4 Å². The molecule has 4 aliphatic heterocycles. The van der Waals surface area contributed by atoms with E-state index in [0.29, 0.717) is 30.5 Å². The lowest BCUT2D eigenvalue weighted by molar-refractivity contribution is -0.159. The molecule has 1 spiro atoms. The average molecular weight is 628 g/mol.